The molecule has 3 rings (SSSR count). The van der Waals surface area contributed by atoms with Gasteiger partial charge in [-0.15, -0.1) is 0 Å². The molecule has 0 saturated heterocycles. The Morgan fingerprint density at radius 2 is 1.92 bits per heavy atom. The SMILES string of the molecule is CCCCCn1c(=O)n(CC(=O)NC2CC2)c(=O)c2ccccc21. The Hall–Kier alpha value is -2.37. The molecule has 1 heterocycles. The zero-order chi connectivity index (χ0) is 17.1. The number of nitrogens with one attached hydrogen (secondary N) is 1. The van der Waals surface area contributed by atoms with Crippen LogP contribution in [0.2, 0.25) is 0 Å². The van der Waals surface area contributed by atoms with Gasteiger partial charge >= 0.3 is 5.69 Å². The van der Waals surface area contributed by atoms with Crippen molar-refractivity contribution in [2.45, 2.75) is 58.2 Å². The van der Waals surface area contributed by atoms with E-state index in [0.717, 1.165) is 36.7 Å². The highest BCUT2D eigenvalue weighted by Gasteiger charge is 2.24. The predicted octanol–water partition coefficient (Wildman–Crippen LogP) is 1.63. The number of fused-ring (bicyclic) bond motifs is 1. The summed E-state index contributed by atoms with van der Waals surface area (Å²) in [6.45, 7) is 2.44. The van der Waals surface area contributed by atoms with Gasteiger partial charge in [0.1, 0.15) is 6.54 Å². The number of aryl methyl sites for hydroxylation is 1. The first-order valence-corrected chi connectivity index (χ1v) is 8.63. The molecule has 1 aliphatic carbocycles. The third-order valence-corrected chi connectivity index (χ3v) is 4.36. The number of aromatic nitrogens is 2. The second kappa shape index (κ2) is 7.03. The number of para-hydroxylation sites is 1. The quantitative estimate of drug-likeness (QED) is 0.785. The van der Waals surface area contributed by atoms with Gasteiger partial charge in [-0.25, -0.2) is 4.79 Å². The minimum atomic E-state index is -0.402. The summed E-state index contributed by atoms with van der Waals surface area (Å²) in [6, 6.07) is 7.31. The molecular weight excluding hydrogens is 306 g/mol. The van der Waals surface area contributed by atoms with Crippen LogP contribution in [0.4, 0.5) is 0 Å². The first kappa shape index (κ1) is 16.5. The van der Waals surface area contributed by atoms with Crippen LogP contribution in [0.1, 0.15) is 39.0 Å². The van der Waals surface area contributed by atoms with Crippen molar-refractivity contribution in [3.8, 4) is 0 Å². The second-order valence-corrected chi connectivity index (χ2v) is 6.39. The smallest absolute Gasteiger partial charge is 0.331 e. The fourth-order valence-electron chi connectivity index (χ4n) is 2.89. The van der Waals surface area contributed by atoms with Crippen LogP contribution in [0.5, 0.6) is 0 Å². The van der Waals surface area contributed by atoms with Gasteiger partial charge in [0.15, 0.2) is 0 Å². The fraction of sp³-hybridized carbons (Fsp3) is 0.500. The van der Waals surface area contributed by atoms with Gasteiger partial charge in [-0.05, 0) is 31.4 Å². The van der Waals surface area contributed by atoms with Gasteiger partial charge in [0.05, 0.1) is 10.9 Å². The Balaban J connectivity index is 2.02. The summed E-state index contributed by atoms with van der Waals surface area (Å²) >= 11 is 0. The normalized spacial score (nSPS) is 14.0. The molecule has 6 heteroatoms. The maximum absolute atomic E-state index is 12.8. The van der Waals surface area contributed by atoms with Gasteiger partial charge in [0.2, 0.25) is 5.91 Å². The topological polar surface area (TPSA) is 73.1 Å². The highest BCUT2D eigenvalue weighted by Crippen LogP contribution is 2.18. The van der Waals surface area contributed by atoms with Crippen molar-refractivity contribution < 1.29 is 4.79 Å². The van der Waals surface area contributed by atoms with E-state index < -0.39 is 11.2 Å². The van der Waals surface area contributed by atoms with Gasteiger partial charge in [-0.1, -0.05) is 31.9 Å². The van der Waals surface area contributed by atoms with Crippen molar-refractivity contribution in [1.82, 2.24) is 14.5 Å². The molecule has 0 radical (unpaired) electrons. The summed E-state index contributed by atoms with van der Waals surface area (Å²) in [5.41, 5.74) is -0.156. The Labute approximate surface area is 140 Å². The van der Waals surface area contributed by atoms with E-state index in [2.05, 4.69) is 12.2 Å². The van der Waals surface area contributed by atoms with E-state index in [1.54, 1.807) is 22.8 Å². The van der Waals surface area contributed by atoms with E-state index in [9.17, 15) is 14.4 Å². The number of hydrogen-bond donors (Lipinski definition) is 1. The van der Waals surface area contributed by atoms with Crippen molar-refractivity contribution in [2.24, 2.45) is 0 Å². The molecule has 1 saturated carbocycles. The zero-order valence-electron chi connectivity index (χ0n) is 14.0. The van der Waals surface area contributed by atoms with Crippen LogP contribution in [0.25, 0.3) is 10.9 Å². The van der Waals surface area contributed by atoms with Crippen LogP contribution in [0, 0.1) is 0 Å². The van der Waals surface area contributed by atoms with Gasteiger partial charge in [-0.3, -0.25) is 18.7 Å². The first-order chi connectivity index (χ1) is 11.6. The number of benzene rings is 1. The maximum Gasteiger partial charge on any atom is 0.331 e. The third-order valence-electron chi connectivity index (χ3n) is 4.36. The average Bonchev–Trinajstić information content (AvgIpc) is 3.38. The summed E-state index contributed by atoms with van der Waals surface area (Å²) in [4.78, 5) is 37.5. The molecule has 6 nitrogen and oxygen atoms in total. The molecule has 1 fully saturated rings. The molecule has 24 heavy (non-hydrogen) atoms. The minimum absolute atomic E-state index is 0.209. The molecule has 1 aromatic heterocycles. The highest BCUT2D eigenvalue weighted by atomic mass is 16.2. The summed E-state index contributed by atoms with van der Waals surface area (Å²) in [6.07, 6.45) is 4.88. The van der Waals surface area contributed by atoms with E-state index in [1.807, 2.05) is 6.07 Å². The number of amides is 1. The molecule has 0 spiro atoms. The zero-order valence-corrected chi connectivity index (χ0v) is 14.0. The van der Waals surface area contributed by atoms with Crippen LogP contribution < -0.4 is 16.6 Å². The molecule has 0 aliphatic heterocycles. The lowest BCUT2D eigenvalue weighted by Crippen LogP contribution is -2.44. The molecule has 1 aliphatic rings. The van der Waals surface area contributed by atoms with Crippen LogP contribution in [-0.2, 0) is 17.9 Å². The number of carbonyl (C=O) groups is 1. The Kier molecular flexibility index (Phi) is 4.83. The Bertz CT molecular complexity index is 862. The molecule has 1 N–H and O–H groups in total. The van der Waals surface area contributed by atoms with Crippen molar-refractivity contribution in [3.63, 3.8) is 0 Å². The number of carbonyl (C=O) groups excluding carboxylic acids is 1. The van der Waals surface area contributed by atoms with E-state index >= 15 is 0 Å². The largest absolute Gasteiger partial charge is 0.352 e. The summed E-state index contributed by atoms with van der Waals surface area (Å²) in [5, 5.41) is 3.31. The number of nitrogens with zero attached hydrogens (tertiary/aromatic N) is 2. The van der Waals surface area contributed by atoms with Crippen molar-refractivity contribution in [2.75, 3.05) is 0 Å². The molecule has 2 aromatic rings. The van der Waals surface area contributed by atoms with Gasteiger partial charge in [0.25, 0.3) is 5.56 Å². The molecular formula is C18H23N3O3. The summed E-state index contributed by atoms with van der Waals surface area (Å²) in [5.74, 6) is -0.271. The lowest BCUT2D eigenvalue weighted by molar-refractivity contribution is -0.121. The van der Waals surface area contributed by atoms with Gasteiger partial charge < -0.3 is 5.32 Å². The number of hydrogen-bond acceptors (Lipinski definition) is 3. The average molecular weight is 329 g/mol. The van der Waals surface area contributed by atoms with E-state index in [-0.39, 0.29) is 18.5 Å². The third kappa shape index (κ3) is 3.42. The molecule has 1 amide bonds. The van der Waals surface area contributed by atoms with Gasteiger partial charge in [-0.2, -0.15) is 0 Å². The summed E-state index contributed by atoms with van der Waals surface area (Å²) < 4.78 is 2.68. The van der Waals surface area contributed by atoms with Crippen molar-refractivity contribution in [1.29, 1.82) is 0 Å². The van der Waals surface area contributed by atoms with E-state index in [0.29, 0.717) is 17.4 Å². The lowest BCUT2D eigenvalue weighted by atomic mass is 10.2. The molecule has 0 unspecified atom stereocenters. The van der Waals surface area contributed by atoms with Crippen LogP contribution in [-0.4, -0.2) is 21.1 Å². The van der Waals surface area contributed by atoms with Crippen LogP contribution in [0.15, 0.2) is 33.9 Å². The fourth-order valence-corrected chi connectivity index (χ4v) is 2.89. The monoisotopic (exact) mass is 329 g/mol. The van der Waals surface area contributed by atoms with Crippen LogP contribution >= 0.6 is 0 Å². The molecule has 128 valence electrons. The minimum Gasteiger partial charge on any atom is -0.352 e. The van der Waals surface area contributed by atoms with Crippen LogP contribution in [0.3, 0.4) is 0 Å². The van der Waals surface area contributed by atoms with E-state index in [1.165, 1.54) is 0 Å². The molecule has 1 aromatic carbocycles. The van der Waals surface area contributed by atoms with Gasteiger partial charge in [0, 0.05) is 12.6 Å². The lowest BCUT2D eigenvalue weighted by Gasteiger charge is -2.14. The molecule has 0 bridgehead atoms. The van der Waals surface area contributed by atoms with Crippen molar-refractivity contribution >= 4 is 16.8 Å². The predicted molar refractivity (Wildman–Crippen MR) is 93.2 cm³/mol. The first-order valence-electron chi connectivity index (χ1n) is 8.63. The summed E-state index contributed by atoms with van der Waals surface area (Å²) in [7, 11) is 0. The number of rotatable bonds is 7. The standard InChI is InChI=1S/C18H23N3O3/c1-2-3-6-11-20-15-8-5-4-7-14(15)17(23)21(18(20)24)12-16(22)19-13-9-10-13/h4-5,7-8,13H,2-3,6,9-12H2,1H3,(H,19,22). The number of unbranched alkanes of at least 4 members (excludes halogenated alkanes) is 2. The maximum atomic E-state index is 12.8. The Morgan fingerprint density at radius 1 is 1.17 bits per heavy atom. The molecule has 0 atom stereocenters. The highest BCUT2D eigenvalue weighted by molar-refractivity contribution is 5.79. The van der Waals surface area contributed by atoms with Crippen molar-refractivity contribution in [3.05, 3.63) is 45.1 Å². The van der Waals surface area contributed by atoms with E-state index in [4.69, 9.17) is 0 Å². The second-order valence-electron chi connectivity index (χ2n) is 6.39. The Morgan fingerprint density at radius 3 is 2.62 bits per heavy atom.